The molecule has 2 amide bonds. The van der Waals surface area contributed by atoms with Crippen LogP contribution in [0, 0.1) is 0 Å². The van der Waals surface area contributed by atoms with Gasteiger partial charge in [-0.15, -0.1) is 11.8 Å². The van der Waals surface area contributed by atoms with Crippen LogP contribution in [0.4, 0.5) is 0 Å². The van der Waals surface area contributed by atoms with Crippen molar-refractivity contribution in [1.82, 2.24) is 15.5 Å². The molecule has 3 N–H and O–H groups in total. The number of aliphatic carboxylic acids is 1. The second kappa shape index (κ2) is 6.59. The molecule has 3 rings (SSSR count). The molecule has 3 atom stereocenters. The molecule has 1 aromatic carbocycles. The minimum Gasteiger partial charge on any atom is -0.480 e. The number of benzene rings is 1. The lowest BCUT2D eigenvalue weighted by atomic mass is 9.91. The maximum Gasteiger partial charge on any atom is 0.327 e. The van der Waals surface area contributed by atoms with Crippen LogP contribution in [0.25, 0.3) is 0 Å². The second-order valence-corrected chi connectivity index (χ2v) is 8.81. The third kappa shape index (κ3) is 2.87. The normalized spacial score (nSPS) is 29.0. The van der Waals surface area contributed by atoms with E-state index in [9.17, 15) is 19.5 Å². The summed E-state index contributed by atoms with van der Waals surface area (Å²) in [5.41, 5.74) is -0.407. The summed E-state index contributed by atoms with van der Waals surface area (Å²) in [6.07, 6.45) is 0.157. The number of hydrogen-bond donors (Lipinski definition) is 3. The van der Waals surface area contributed by atoms with Crippen LogP contribution in [0.2, 0.25) is 0 Å². The van der Waals surface area contributed by atoms with Crippen molar-refractivity contribution in [2.45, 2.75) is 49.0 Å². The Balaban J connectivity index is 1.82. The van der Waals surface area contributed by atoms with E-state index in [0.29, 0.717) is 6.54 Å². The van der Waals surface area contributed by atoms with Crippen molar-refractivity contribution >= 4 is 29.5 Å². The molecule has 1 aromatic rings. The van der Waals surface area contributed by atoms with Crippen LogP contribution in [-0.2, 0) is 20.8 Å². The van der Waals surface area contributed by atoms with Crippen LogP contribution in [0.1, 0.15) is 26.3 Å². The second-order valence-electron chi connectivity index (χ2n) is 7.08. The minimum atomic E-state index is -1.26. The number of carboxylic acids is 1. The molecule has 26 heavy (non-hydrogen) atoms. The van der Waals surface area contributed by atoms with Gasteiger partial charge in [-0.05, 0) is 26.0 Å². The van der Waals surface area contributed by atoms with E-state index in [1.54, 1.807) is 0 Å². The number of nitrogens with one attached hydrogen (secondary N) is 2. The van der Waals surface area contributed by atoms with E-state index < -0.39 is 33.7 Å². The number of likely N-dealkylation sites (N-methyl/N-ethyl adjacent to an activating group) is 1. The average molecular weight is 377 g/mol. The molecule has 2 saturated heterocycles. The smallest absolute Gasteiger partial charge is 0.327 e. The molecule has 0 saturated carbocycles. The Kier molecular flexibility index (Phi) is 4.74. The number of carboxylic acid groups (broad SMARTS) is 1. The van der Waals surface area contributed by atoms with Crippen molar-refractivity contribution in [1.29, 1.82) is 0 Å². The van der Waals surface area contributed by atoms with Crippen molar-refractivity contribution in [3.05, 3.63) is 35.9 Å². The Morgan fingerprint density at radius 3 is 2.50 bits per heavy atom. The van der Waals surface area contributed by atoms with Gasteiger partial charge >= 0.3 is 5.97 Å². The maximum atomic E-state index is 12.9. The fraction of sp³-hybridized carbons (Fsp3) is 0.500. The number of hydrogen-bond acceptors (Lipinski definition) is 5. The molecule has 0 spiro atoms. The number of nitrogens with zero attached hydrogens (tertiary/aromatic N) is 1. The van der Waals surface area contributed by atoms with E-state index in [-0.39, 0.29) is 12.3 Å². The molecule has 2 heterocycles. The van der Waals surface area contributed by atoms with Gasteiger partial charge in [-0.1, -0.05) is 37.3 Å². The Morgan fingerprint density at radius 2 is 1.92 bits per heavy atom. The fourth-order valence-electron chi connectivity index (χ4n) is 3.71. The lowest BCUT2D eigenvalue weighted by Crippen LogP contribution is -2.85. The predicted octanol–water partition coefficient (Wildman–Crippen LogP) is 0.798. The molecule has 0 aromatic heterocycles. The van der Waals surface area contributed by atoms with Gasteiger partial charge in [0, 0.05) is 4.75 Å². The van der Waals surface area contributed by atoms with E-state index in [2.05, 4.69) is 10.6 Å². The number of fused-ring (bicyclic) bond motifs is 1. The summed E-state index contributed by atoms with van der Waals surface area (Å²) in [5.74, 6) is -1.70. The predicted molar refractivity (Wildman–Crippen MR) is 98.4 cm³/mol. The number of β-lactam (4-membered cyclic amide) rings is 1. The van der Waals surface area contributed by atoms with Crippen LogP contribution < -0.4 is 10.6 Å². The van der Waals surface area contributed by atoms with Crippen LogP contribution >= 0.6 is 11.8 Å². The van der Waals surface area contributed by atoms with Crippen LogP contribution in [0.15, 0.2) is 30.3 Å². The van der Waals surface area contributed by atoms with E-state index in [1.807, 2.05) is 51.1 Å². The lowest BCUT2D eigenvalue weighted by Gasteiger charge is -2.53. The Labute approximate surface area is 156 Å². The van der Waals surface area contributed by atoms with Gasteiger partial charge < -0.3 is 15.3 Å². The van der Waals surface area contributed by atoms with Gasteiger partial charge in [0.05, 0.1) is 6.42 Å². The molecule has 0 radical (unpaired) electrons. The highest BCUT2D eigenvalue weighted by atomic mass is 32.2. The summed E-state index contributed by atoms with van der Waals surface area (Å²) in [6, 6.07) is 8.36. The first kappa shape index (κ1) is 18.7. The van der Waals surface area contributed by atoms with E-state index in [4.69, 9.17) is 0 Å². The molecule has 2 aliphatic heterocycles. The summed E-state index contributed by atoms with van der Waals surface area (Å²) in [7, 11) is 0. The maximum absolute atomic E-state index is 12.9. The summed E-state index contributed by atoms with van der Waals surface area (Å²) < 4.78 is -0.645. The first-order valence-corrected chi connectivity index (χ1v) is 9.44. The first-order chi connectivity index (χ1) is 12.2. The van der Waals surface area contributed by atoms with E-state index >= 15 is 0 Å². The Morgan fingerprint density at radius 1 is 1.27 bits per heavy atom. The van der Waals surface area contributed by atoms with Gasteiger partial charge in [-0.25, -0.2) is 4.79 Å². The van der Waals surface area contributed by atoms with Gasteiger partial charge in [0.1, 0.15) is 11.4 Å². The molecule has 1 unspecified atom stereocenters. The molecule has 0 bridgehead atoms. The zero-order valence-corrected chi connectivity index (χ0v) is 15.8. The summed E-state index contributed by atoms with van der Waals surface area (Å²) in [6.45, 7) is 5.94. The van der Waals surface area contributed by atoms with Crippen molar-refractivity contribution in [3.8, 4) is 0 Å². The molecule has 2 fully saturated rings. The highest BCUT2D eigenvalue weighted by molar-refractivity contribution is 8.01. The topological polar surface area (TPSA) is 98.7 Å². The standard InChI is InChI=1S/C18H23N3O4S/c1-4-19-18(20-12(22)10-11-8-6-5-7-9-11)15(25)21-13(14(23)24)17(2,3)26-16(18)21/h5-9,13,16,19H,4,10H2,1-3H3,(H,20,22)(H,23,24)/t13-,16+,18?/m0/s1. The number of thioether (sulfide) groups is 1. The number of amides is 2. The third-order valence-electron chi connectivity index (χ3n) is 4.78. The Bertz CT molecular complexity index is 739. The monoisotopic (exact) mass is 377 g/mol. The summed E-state index contributed by atoms with van der Waals surface area (Å²) in [4.78, 5) is 38.5. The fourth-order valence-corrected chi connectivity index (χ4v) is 5.38. The van der Waals surface area contributed by atoms with Gasteiger partial charge in [0.15, 0.2) is 0 Å². The van der Waals surface area contributed by atoms with Gasteiger partial charge in [0.2, 0.25) is 11.6 Å². The average Bonchev–Trinajstić information content (AvgIpc) is 2.84. The summed E-state index contributed by atoms with van der Waals surface area (Å²) >= 11 is 1.40. The molecule has 140 valence electrons. The van der Waals surface area contributed by atoms with E-state index in [0.717, 1.165) is 5.56 Å². The first-order valence-electron chi connectivity index (χ1n) is 8.56. The molecule has 7 nitrogen and oxygen atoms in total. The van der Waals surface area contributed by atoms with Crippen LogP contribution in [0.3, 0.4) is 0 Å². The quantitative estimate of drug-likeness (QED) is 0.501. The van der Waals surface area contributed by atoms with Crippen LogP contribution in [-0.4, -0.2) is 56.2 Å². The van der Waals surface area contributed by atoms with Gasteiger partial charge in [-0.3, -0.25) is 14.9 Å². The van der Waals surface area contributed by atoms with Gasteiger partial charge in [0.25, 0.3) is 5.91 Å². The lowest BCUT2D eigenvalue weighted by molar-refractivity contribution is -0.171. The number of carbonyl (C=O) groups is 3. The molecule has 2 aliphatic rings. The zero-order chi connectivity index (χ0) is 19.1. The van der Waals surface area contributed by atoms with Crippen molar-refractivity contribution in [2.75, 3.05) is 6.54 Å². The zero-order valence-electron chi connectivity index (χ0n) is 15.0. The number of rotatable bonds is 6. The largest absolute Gasteiger partial charge is 0.480 e. The van der Waals surface area contributed by atoms with Gasteiger partial charge in [-0.2, -0.15) is 0 Å². The SMILES string of the molecule is CCNC1(NC(=O)Cc2ccccc2)C(=O)N2[C@@H](C(=O)O)C(C)(C)S[C@@H]21. The molecular formula is C18H23N3O4S. The number of carbonyl (C=O) groups excluding carboxylic acids is 2. The van der Waals surface area contributed by atoms with Crippen LogP contribution in [0.5, 0.6) is 0 Å². The Hall–Kier alpha value is -2.06. The highest BCUT2D eigenvalue weighted by Gasteiger charge is 2.72. The molecular weight excluding hydrogens is 354 g/mol. The third-order valence-corrected chi connectivity index (χ3v) is 6.42. The van der Waals surface area contributed by atoms with Crippen molar-refractivity contribution in [3.63, 3.8) is 0 Å². The highest BCUT2D eigenvalue weighted by Crippen LogP contribution is 2.54. The van der Waals surface area contributed by atoms with E-state index in [1.165, 1.54) is 16.7 Å². The van der Waals surface area contributed by atoms with Crippen molar-refractivity contribution in [2.24, 2.45) is 0 Å². The molecule has 0 aliphatic carbocycles. The summed E-state index contributed by atoms with van der Waals surface area (Å²) in [5, 5.41) is 15.0. The molecule has 8 heteroatoms. The van der Waals surface area contributed by atoms with Crippen molar-refractivity contribution < 1.29 is 19.5 Å². The minimum absolute atomic E-state index is 0.157.